The lowest BCUT2D eigenvalue weighted by molar-refractivity contribution is -0.137. The lowest BCUT2D eigenvalue weighted by Crippen LogP contribution is -2.47. The van der Waals surface area contributed by atoms with Crippen LogP contribution >= 0.6 is 0 Å². The molecule has 4 rings (SSSR count). The van der Waals surface area contributed by atoms with E-state index in [9.17, 15) is 22.8 Å². The van der Waals surface area contributed by atoms with E-state index in [1.165, 1.54) is 12.1 Å². The van der Waals surface area contributed by atoms with Crippen molar-refractivity contribution in [3.63, 3.8) is 0 Å². The molecule has 0 atom stereocenters. The molecular weight excluding hydrogens is 479 g/mol. The Morgan fingerprint density at radius 3 is 2.03 bits per heavy atom. The highest BCUT2D eigenvalue weighted by Gasteiger charge is 2.30. The summed E-state index contributed by atoms with van der Waals surface area (Å²) in [5.41, 5.74) is 2.60. The van der Waals surface area contributed by atoms with E-state index in [0.29, 0.717) is 29.9 Å². The molecule has 0 N–H and O–H groups in total. The maximum atomic E-state index is 13.6. The van der Waals surface area contributed by atoms with Gasteiger partial charge in [-0.05, 0) is 61.0 Å². The Balaban J connectivity index is 1.56. The minimum Gasteiger partial charge on any atom is -0.340 e. The van der Waals surface area contributed by atoms with Gasteiger partial charge in [-0.3, -0.25) is 9.59 Å². The summed E-state index contributed by atoms with van der Waals surface area (Å²) >= 11 is 0. The molecule has 8 heteroatoms. The molecule has 0 aromatic heterocycles. The van der Waals surface area contributed by atoms with Crippen LogP contribution in [0.25, 0.3) is 0 Å². The SMILES string of the molecule is Cc1ccccc1C(=O)N(Cc1ccc(C(F)(F)F)cc1)c1ccc(CC(=O)N2CCN(C)CC2)cc1. The fraction of sp³-hybridized carbons (Fsp3) is 0.310. The Labute approximate surface area is 215 Å². The van der Waals surface area contributed by atoms with E-state index in [1.807, 2.05) is 43.1 Å². The van der Waals surface area contributed by atoms with Crippen molar-refractivity contribution < 1.29 is 22.8 Å². The van der Waals surface area contributed by atoms with Gasteiger partial charge in [-0.2, -0.15) is 13.2 Å². The van der Waals surface area contributed by atoms with Crippen molar-refractivity contribution in [2.75, 3.05) is 38.1 Å². The number of piperazine rings is 1. The number of halogens is 3. The summed E-state index contributed by atoms with van der Waals surface area (Å²) in [6.45, 7) is 5.06. The standard InChI is InChI=1S/C29H30F3N3O2/c1-21-5-3-4-6-26(21)28(37)35(20-23-7-11-24(12-8-23)29(30,31)32)25-13-9-22(10-14-25)19-27(36)34-17-15-33(2)16-18-34/h3-14H,15-20H2,1-2H3. The Hall–Kier alpha value is -3.65. The number of carbonyl (C=O) groups excluding carboxylic acids is 2. The van der Waals surface area contributed by atoms with E-state index in [4.69, 9.17) is 0 Å². The van der Waals surface area contributed by atoms with Gasteiger partial charge in [0.15, 0.2) is 0 Å². The van der Waals surface area contributed by atoms with Crippen LogP contribution in [0.1, 0.15) is 32.6 Å². The molecule has 0 saturated carbocycles. The molecule has 1 aliphatic heterocycles. The molecule has 0 aliphatic carbocycles. The van der Waals surface area contributed by atoms with Crippen LogP contribution < -0.4 is 4.90 Å². The molecule has 0 unspecified atom stereocenters. The van der Waals surface area contributed by atoms with Gasteiger partial charge < -0.3 is 14.7 Å². The average molecular weight is 510 g/mol. The topological polar surface area (TPSA) is 43.9 Å². The Bertz CT molecular complexity index is 1230. The summed E-state index contributed by atoms with van der Waals surface area (Å²) in [5.74, 6) is -0.183. The molecule has 37 heavy (non-hydrogen) atoms. The van der Waals surface area contributed by atoms with E-state index in [1.54, 1.807) is 29.2 Å². The number of anilines is 1. The van der Waals surface area contributed by atoms with Gasteiger partial charge in [0.05, 0.1) is 18.5 Å². The van der Waals surface area contributed by atoms with E-state index >= 15 is 0 Å². The lowest BCUT2D eigenvalue weighted by Gasteiger charge is -2.32. The molecule has 0 bridgehead atoms. The van der Waals surface area contributed by atoms with Crippen LogP contribution in [0.4, 0.5) is 18.9 Å². The predicted octanol–water partition coefficient (Wildman–Crippen LogP) is 5.18. The van der Waals surface area contributed by atoms with Crippen molar-refractivity contribution in [3.05, 3.63) is 101 Å². The quantitative estimate of drug-likeness (QED) is 0.460. The molecule has 3 aromatic rings. The normalized spacial score (nSPS) is 14.5. The van der Waals surface area contributed by atoms with E-state index in [0.717, 1.165) is 36.3 Å². The first-order valence-electron chi connectivity index (χ1n) is 12.2. The van der Waals surface area contributed by atoms with E-state index in [-0.39, 0.29) is 24.8 Å². The third kappa shape index (κ3) is 6.57. The highest BCUT2D eigenvalue weighted by molar-refractivity contribution is 6.07. The number of carbonyl (C=O) groups is 2. The van der Waals surface area contributed by atoms with Crippen LogP contribution in [0.15, 0.2) is 72.8 Å². The molecule has 5 nitrogen and oxygen atoms in total. The van der Waals surface area contributed by atoms with E-state index in [2.05, 4.69) is 4.90 Å². The van der Waals surface area contributed by atoms with Crippen LogP contribution in [-0.4, -0.2) is 54.8 Å². The molecule has 1 saturated heterocycles. The van der Waals surface area contributed by atoms with Gasteiger partial charge in [0.2, 0.25) is 5.91 Å². The number of benzene rings is 3. The fourth-order valence-corrected chi connectivity index (χ4v) is 4.36. The third-order valence-corrected chi connectivity index (χ3v) is 6.70. The van der Waals surface area contributed by atoms with Crippen LogP contribution in [0.3, 0.4) is 0 Å². The zero-order valence-corrected chi connectivity index (χ0v) is 21.0. The largest absolute Gasteiger partial charge is 0.416 e. The summed E-state index contributed by atoms with van der Waals surface area (Å²) in [6.07, 6.45) is -4.15. The first-order chi connectivity index (χ1) is 17.6. The third-order valence-electron chi connectivity index (χ3n) is 6.70. The van der Waals surface area contributed by atoms with Gasteiger partial charge in [-0.25, -0.2) is 0 Å². The Kier molecular flexibility index (Phi) is 7.97. The van der Waals surface area contributed by atoms with Crippen LogP contribution in [0, 0.1) is 6.92 Å². The van der Waals surface area contributed by atoms with Gasteiger partial charge in [0.25, 0.3) is 5.91 Å². The van der Waals surface area contributed by atoms with Crippen molar-refractivity contribution in [3.8, 4) is 0 Å². The second-order valence-electron chi connectivity index (χ2n) is 9.43. The van der Waals surface area contributed by atoms with Gasteiger partial charge in [-0.1, -0.05) is 42.5 Å². The smallest absolute Gasteiger partial charge is 0.340 e. The van der Waals surface area contributed by atoms with E-state index < -0.39 is 11.7 Å². The Morgan fingerprint density at radius 1 is 0.838 bits per heavy atom. The minimum atomic E-state index is -4.42. The zero-order valence-electron chi connectivity index (χ0n) is 21.0. The van der Waals surface area contributed by atoms with Crippen LogP contribution in [-0.2, 0) is 23.9 Å². The van der Waals surface area contributed by atoms with Crippen molar-refractivity contribution in [2.45, 2.75) is 26.1 Å². The number of alkyl halides is 3. The summed E-state index contributed by atoms with van der Waals surface area (Å²) in [5, 5.41) is 0. The number of likely N-dealkylation sites (N-methyl/N-ethyl adjacent to an activating group) is 1. The average Bonchev–Trinajstić information content (AvgIpc) is 2.88. The molecule has 1 fully saturated rings. The Morgan fingerprint density at radius 2 is 1.43 bits per heavy atom. The molecule has 1 aliphatic rings. The van der Waals surface area contributed by atoms with Crippen molar-refractivity contribution in [1.82, 2.24) is 9.80 Å². The molecule has 0 radical (unpaired) electrons. The number of nitrogens with zero attached hydrogens (tertiary/aromatic N) is 3. The highest BCUT2D eigenvalue weighted by atomic mass is 19.4. The first-order valence-corrected chi connectivity index (χ1v) is 12.2. The minimum absolute atomic E-state index is 0.0680. The first kappa shape index (κ1) is 26.4. The second kappa shape index (κ2) is 11.2. The number of amides is 2. The van der Waals surface area contributed by atoms with Gasteiger partial charge in [0.1, 0.15) is 0 Å². The number of rotatable bonds is 6. The summed E-state index contributed by atoms with van der Waals surface area (Å²) in [4.78, 5) is 31.9. The molecule has 2 amide bonds. The van der Waals surface area contributed by atoms with Crippen LogP contribution in [0.2, 0.25) is 0 Å². The lowest BCUT2D eigenvalue weighted by atomic mass is 10.0. The van der Waals surface area contributed by atoms with Crippen molar-refractivity contribution in [1.29, 1.82) is 0 Å². The van der Waals surface area contributed by atoms with Crippen molar-refractivity contribution >= 4 is 17.5 Å². The molecular formula is C29H30F3N3O2. The molecule has 3 aromatic carbocycles. The second-order valence-corrected chi connectivity index (χ2v) is 9.43. The number of aryl methyl sites for hydroxylation is 1. The predicted molar refractivity (Wildman–Crippen MR) is 137 cm³/mol. The molecule has 1 heterocycles. The van der Waals surface area contributed by atoms with Crippen LogP contribution in [0.5, 0.6) is 0 Å². The van der Waals surface area contributed by atoms with Gasteiger partial charge in [-0.15, -0.1) is 0 Å². The monoisotopic (exact) mass is 509 g/mol. The highest BCUT2D eigenvalue weighted by Crippen LogP contribution is 2.30. The summed E-state index contributed by atoms with van der Waals surface area (Å²) in [6, 6.07) is 19.3. The number of hydrogen-bond donors (Lipinski definition) is 0. The number of hydrogen-bond acceptors (Lipinski definition) is 3. The maximum Gasteiger partial charge on any atom is 0.416 e. The zero-order chi connectivity index (χ0) is 26.6. The van der Waals surface area contributed by atoms with Crippen molar-refractivity contribution in [2.24, 2.45) is 0 Å². The fourth-order valence-electron chi connectivity index (χ4n) is 4.36. The molecule has 0 spiro atoms. The summed E-state index contributed by atoms with van der Waals surface area (Å²) in [7, 11) is 2.04. The molecule has 194 valence electrons. The maximum absolute atomic E-state index is 13.6. The summed E-state index contributed by atoms with van der Waals surface area (Å²) < 4.78 is 39.0. The van der Waals surface area contributed by atoms with Gasteiger partial charge >= 0.3 is 6.18 Å². The van der Waals surface area contributed by atoms with Gasteiger partial charge in [0, 0.05) is 37.4 Å².